The van der Waals surface area contributed by atoms with Gasteiger partial charge >= 0.3 is 6.36 Å². The summed E-state index contributed by atoms with van der Waals surface area (Å²) in [4.78, 5) is 25.3. The average molecular weight is 456 g/mol. The molecular formula is C20H19F3N2O5S. The van der Waals surface area contributed by atoms with Crippen LogP contribution in [0.15, 0.2) is 47.4 Å². The molecule has 1 aliphatic rings. The number of benzene rings is 2. The fourth-order valence-corrected chi connectivity index (χ4v) is 4.49. The van der Waals surface area contributed by atoms with Crippen LogP contribution in [0.5, 0.6) is 5.75 Å². The number of hydrogen-bond donors (Lipinski definition) is 1. The zero-order valence-corrected chi connectivity index (χ0v) is 17.2. The summed E-state index contributed by atoms with van der Waals surface area (Å²) in [5, 5.41) is 2.43. The molecular weight excluding hydrogens is 437 g/mol. The molecule has 0 aromatic heterocycles. The van der Waals surface area contributed by atoms with E-state index < -0.39 is 33.6 Å². The van der Waals surface area contributed by atoms with Crippen molar-refractivity contribution in [2.45, 2.75) is 31.0 Å². The maximum atomic E-state index is 12.6. The van der Waals surface area contributed by atoms with E-state index in [4.69, 9.17) is 0 Å². The van der Waals surface area contributed by atoms with Crippen molar-refractivity contribution in [1.29, 1.82) is 0 Å². The number of halogens is 3. The number of sulfone groups is 1. The largest absolute Gasteiger partial charge is 0.573 e. The van der Waals surface area contributed by atoms with Crippen molar-refractivity contribution in [3.63, 3.8) is 0 Å². The average Bonchev–Trinajstić information content (AvgIpc) is 3.10. The molecule has 0 unspecified atom stereocenters. The van der Waals surface area contributed by atoms with Gasteiger partial charge < -0.3 is 15.0 Å². The van der Waals surface area contributed by atoms with Gasteiger partial charge in [0, 0.05) is 31.3 Å². The molecule has 2 amide bonds. The number of carbonyl (C=O) groups excluding carboxylic acids is 2. The van der Waals surface area contributed by atoms with E-state index >= 15 is 0 Å². The minimum Gasteiger partial charge on any atom is -0.406 e. The number of nitrogens with zero attached hydrogens (tertiary/aromatic N) is 1. The Bertz CT molecular complexity index is 1100. The highest BCUT2D eigenvalue weighted by atomic mass is 32.2. The third-order valence-corrected chi connectivity index (χ3v) is 6.37. The maximum absolute atomic E-state index is 12.6. The zero-order chi connectivity index (χ0) is 22.8. The van der Waals surface area contributed by atoms with Crippen LogP contribution in [0.2, 0.25) is 0 Å². The minimum atomic E-state index is -4.82. The Labute approximate surface area is 176 Å². The van der Waals surface area contributed by atoms with E-state index in [-0.39, 0.29) is 22.9 Å². The second kappa shape index (κ2) is 8.58. The molecule has 0 saturated carbocycles. The van der Waals surface area contributed by atoms with Gasteiger partial charge in [0.25, 0.3) is 0 Å². The summed E-state index contributed by atoms with van der Waals surface area (Å²) < 4.78 is 65.4. The van der Waals surface area contributed by atoms with E-state index in [1.165, 1.54) is 31.2 Å². The third kappa shape index (κ3) is 5.75. The highest BCUT2D eigenvalue weighted by Crippen LogP contribution is 2.30. The molecule has 1 N–H and O–H groups in total. The van der Waals surface area contributed by atoms with Crippen LogP contribution in [0.3, 0.4) is 0 Å². The van der Waals surface area contributed by atoms with Gasteiger partial charge in [-0.25, -0.2) is 8.42 Å². The number of amides is 2. The second-order valence-electron chi connectivity index (χ2n) is 6.90. The van der Waals surface area contributed by atoms with Crippen molar-refractivity contribution in [3.8, 4) is 5.75 Å². The number of rotatable bonds is 6. The summed E-state index contributed by atoms with van der Waals surface area (Å²) >= 11 is 0. The summed E-state index contributed by atoms with van der Waals surface area (Å²) in [7, 11) is -3.74. The van der Waals surface area contributed by atoms with Crippen LogP contribution in [0.25, 0.3) is 0 Å². The van der Waals surface area contributed by atoms with Crippen LogP contribution >= 0.6 is 0 Å². The first-order valence-electron chi connectivity index (χ1n) is 9.24. The topological polar surface area (TPSA) is 92.8 Å². The normalized spacial score (nSPS) is 13.6. The molecule has 11 heteroatoms. The van der Waals surface area contributed by atoms with Crippen LogP contribution in [0.1, 0.15) is 18.9 Å². The summed E-state index contributed by atoms with van der Waals surface area (Å²) in [6.45, 7) is 1.93. The van der Waals surface area contributed by atoms with Gasteiger partial charge in [-0.2, -0.15) is 0 Å². The Morgan fingerprint density at radius 1 is 1.13 bits per heavy atom. The van der Waals surface area contributed by atoms with Crippen molar-refractivity contribution < 1.29 is 35.9 Å². The summed E-state index contributed by atoms with van der Waals surface area (Å²) in [6, 6.07) is 9.02. The SMILES string of the molecule is CC(=O)N1CCc2cc(S(=O)(=O)CCC(=O)Nc3ccc(OC(F)(F)F)cc3)ccc21. The lowest BCUT2D eigenvalue weighted by Crippen LogP contribution is -2.25. The lowest BCUT2D eigenvalue weighted by molar-refractivity contribution is -0.274. The van der Waals surface area contributed by atoms with Crippen molar-refractivity contribution >= 4 is 33.0 Å². The molecule has 0 atom stereocenters. The molecule has 2 aromatic carbocycles. The third-order valence-electron chi connectivity index (χ3n) is 4.66. The van der Waals surface area contributed by atoms with E-state index in [1.54, 1.807) is 11.0 Å². The lowest BCUT2D eigenvalue weighted by Gasteiger charge is -2.15. The molecule has 2 aromatic rings. The highest BCUT2D eigenvalue weighted by Gasteiger charge is 2.31. The Hall–Kier alpha value is -3.08. The lowest BCUT2D eigenvalue weighted by atomic mass is 10.2. The molecule has 0 saturated heterocycles. The summed E-state index contributed by atoms with van der Waals surface area (Å²) in [6.07, 6.45) is -4.60. The summed E-state index contributed by atoms with van der Waals surface area (Å²) in [5.41, 5.74) is 1.64. The van der Waals surface area contributed by atoms with E-state index in [2.05, 4.69) is 10.1 Å². The van der Waals surface area contributed by atoms with Gasteiger partial charge in [-0.1, -0.05) is 0 Å². The van der Waals surface area contributed by atoms with Gasteiger partial charge in [0.15, 0.2) is 9.84 Å². The molecule has 3 rings (SSSR count). The zero-order valence-electron chi connectivity index (χ0n) is 16.4. The number of hydrogen-bond acceptors (Lipinski definition) is 5. The molecule has 1 heterocycles. The predicted molar refractivity (Wildman–Crippen MR) is 107 cm³/mol. The van der Waals surface area contributed by atoms with E-state index in [9.17, 15) is 31.2 Å². The number of anilines is 2. The van der Waals surface area contributed by atoms with E-state index in [0.29, 0.717) is 18.7 Å². The standard InChI is InChI=1S/C20H19F3N2O5S/c1-13(26)25-10-8-14-12-17(6-7-18(14)25)31(28,29)11-9-19(27)24-15-2-4-16(5-3-15)30-20(21,22)23/h2-7,12H,8-11H2,1H3,(H,24,27). The Morgan fingerprint density at radius 3 is 2.42 bits per heavy atom. The monoisotopic (exact) mass is 456 g/mol. The Morgan fingerprint density at radius 2 is 1.81 bits per heavy atom. The fraction of sp³-hybridized carbons (Fsp3) is 0.300. The van der Waals surface area contributed by atoms with Gasteiger partial charge in [-0.05, 0) is 54.4 Å². The van der Waals surface area contributed by atoms with E-state index in [0.717, 1.165) is 17.7 Å². The maximum Gasteiger partial charge on any atom is 0.573 e. The van der Waals surface area contributed by atoms with Crippen molar-refractivity contribution in [2.24, 2.45) is 0 Å². The fourth-order valence-electron chi connectivity index (χ4n) is 3.21. The molecule has 7 nitrogen and oxygen atoms in total. The number of carbonyl (C=O) groups is 2. The molecule has 0 spiro atoms. The van der Waals surface area contributed by atoms with Gasteiger partial charge in [0.1, 0.15) is 5.75 Å². The summed E-state index contributed by atoms with van der Waals surface area (Å²) in [5.74, 6) is -1.60. The van der Waals surface area contributed by atoms with Crippen LogP contribution in [-0.4, -0.2) is 38.9 Å². The number of ether oxygens (including phenoxy) is 1. The number of nitrogens with one attached hydrogen (secondary N) is 1. The van der Waals surface area contributed by atoms with Gasteiger partial charge in [0.05, 0.1) is 10.6 Å². The number of alkyl halides is 3. The van der Waals surface area contributed by atoms with Crippen molar-refractivity contribution in [3.05, 3.63) is 48.0 Å². The van der Waals surface area contributed by atoms with Crippen LogP contribution in [-0.2, 0) is 25.8 Å². The second-order valence-corrected chi connectivity index (χ2v) is 9.01. The minimum absolute atomic E-state index is 0.0677. The smallest absolute Gasteiger partial charge is 0.406 e. The first-order chi connectivity index (χ1) is 14.4. The number of fused-ring (bicyclic) bond motifs is 1. The van der Waals surface area contributed by atoms with Crippen LogP contribution in [0.4, 0.5) is 24.5 Å². The Kier molecular flexibility index (Phi) is 6.25. The van der Waals surface area contributed by atoms with Crippen molar-refractivity contribution in [1.82, 2.24) is 0 Å². The molecule has 0 fully saturated rings. The highest BCUT2D eigenvalue weighted by molar-refractivity contribution is 7.91. The molecule has 1 aliphatic heterocycles. The molecule has 166 valence electrons. The molecule has 0 bridgehead atoms. The molecule has 31 heavy (non-hydrogen) atoms. The molecule has 0 aliphatic carbocycles. The Balaban J connectivity index is 1.59. The predicted octanol–water partition coefficient (Wildman–Crippen LogP) is 3.30. The first kappa shape index (κ1) is 22.6. The van der Waals surface area contributed by atoms with Crippen LogP contribution < -0.4 is 15.0 Å². The van der Waals surface area contributed by atoms with E-state index in [1.807, 2.05) is 0 Å². The van der Waals surface area contributed by atoms with Crippen LogP contribution in [0, 0.1) is 0 Å². The van der Waals surface area contributed by atoms with Crippen molar-refractivity contribution in [2.75, 3.05) is 22.5 Å². The van der Waals surface area contributed by atoms with Gasteiger partial charge in [-0.15, -0.1) is 13.2 Å². The first-order valence-corrected chi connectivity index (χ1v) is 10.9. The van der Waals surface area contributed by atoms with Gasteiger partial charge in [-0.3, -0.25) is 9.59 Å². The van der Waals surface area contributed by atoms with Gasteiger partial charge in [0.2, 0.25) is 11.8 Å². The quantitative estimate of drug-likeness (QED) is 0.720. The molecule has 0 radical (unpaired) electrons.